The zero-order valence-electron chi connectivity index (χ0n) is 14.4. The maximum atomic E-state index is 10.2. The third kappa shape index (κ3) is 2.71. The highest BCUT2D eigenvalue weighted by Gasteiger charge is 2.19. The zero-order valence-corrected chi connectivity index (χ0v) is 14.4. The fraction of sp³-hybridized carbons (Fsp3) is 0.100. The van der Waals surface area contributed by atoms with Gasteiger partial charge >= 0.3 is 0 Å². The molecule has 4 aromatic rings. The second-order valence-electron chi connectivity index (χ2n) is 5.88. The average Bonchev–Trinajstić information content (AvgIpc) is 3.29. The summed E-state index contributed by atoms with van der Waals surface area (Å²) in [5.74, 6) is 1.47. The standard InChI is InChI=1S/C20H17N3O3/c1-12-19(20(23-26-12)13-6-4-3-5-7-13)17-11-16(21-22-17)15-10-14(25-2)8-9-18(15)24/h3-11,24H,1-2H3,(H,21,22). The van der Waals surface area contributed by atoms with Crippen LogP contribution in [0.15, 0.2) is 59.1 Å². The molecule has 0 radical (unpaired) electrons. The molecule has 0 saturated carbocycles. The summed E-state index contributed by atoms with van der Waals surface area (Å²) in [6, 6.07) is 16.7. The summed E-state index contributed by atoms with van der Waals surface area (Å²) in [5, 5.41) is 21.7. The van der Waals surface area contributed by atoms with Crippen LogP contribution in [0.3, 0.4) is 0 Å². The summed E-state index contributed by atoms with van der Waals surface area (Å²) in [4.78, 5) is 0. The van der Waals surface area contributed by atoms with Gasteiger partial charge in [0.25, 0.3) is 0 Å². The van der Waals surface area contributed by atoms with Crippen LogP contribution in [0.4, 0.5) is 0 Å². The third-order valence-electron chi connectivity index (χ3n) is 4.24. The van der Waals surface area contributed by atoms with Gasteiger partial charge in [0.1, 0.15) is 23.0 Å². The molecule has 0 fully saturated rings. The molecule has 0 aliphatic rings. The lowest BCUT2D eigenvalue weighted by atomic mass is 10.0. The molecule has 0 unspecified atom stereocenters. The van der Waals surface area contributed by atoms with Gasteiger partial charge in [0.15, 0.2) is 0 Å². The maximum Gasteiger partial charge on any atom is 0.143 e. The van der Waals surface area contributed by atoms with Crippen LogP contribution >= 0.6 is 0 Å². The lowest BCUT2D eigenvalue weighted by Crippen LogP contribution is -1.85. The van der Waals surface area contributed by atoms with Crippen LogP contribution in [0.25, 0.3) is 33.8 Å². The van der Waals surface area contributed by atoms with Crippen LogP contribution in [-0.2, 0) is 0 Å². The quantitative estimate of drug-likeness (QED) is 0.571. The van der Waals surface area contributed by atoms with Gasteiger partial charge in [-0.2, -0.15) is 5.10 Å². The number of rotatable bonds is 4. The first-order valence-corrected chi connectivity index (χ1v) is 8.12. The van der Waals surface area contributed by atoms with E-state index in [4.69, 9.17) is 9.26 Å². The predicted octanol–water partition coefficient (Wildman–Crippen LogP) is 4.42. The first-order chi connectivity index (χ1) is 12.7. The van der Waals surface area contributed by atoms with Gasteiger partial charge in [-0.05, 0) is 31.2 Å². The largest absolute Gasteiger partial charge is 0.507 e. The van der Waals surface area contributed by atoms with Crippen molar-refractivity contribution in [3.8, 4) is 45.3 Å². The molecule has 4 rings (SSSR count). The smallest absolute Gasteiger partial charge is 0.143 e. The molecule has 6 heteroatoms. The summed E-state index contributed by atoms with van der Waals surface area (Å²) in [5.41, 5.74) is 4.50. The summed E-state index contributed by atoms with van der Waals surface area (Å²) >= 11 is 0. The van der Waals surface area contributed by atoms with Crippen molar-refractivity contribution in [2.24, 2.45) is 0 Å². The molecule has 0 atom stereocenters. The van der Waals surface area contributed by atoms with Crippen molar-refractivity contribution >= 4 is 0 Å². The highest BCUT2D eigenvalue weighted by Crippen LogP contribution is 2.37. The molecule has 0 amide bonds. The molecule has 130 valence electrons. The third-order valence-corrected chi connectivity index (χ3v) is 4.24. The monoisotopic (exact) mass is 347 g/mol. The van der Waals surface area contributed by atoms with E-state index in [0.717, 1.165) is 22.5 Å². The second kappa shape index (κ2) is 6.40. The van der Waals surface area contributed by atoms with Gasteiger partial charge < -0.3 is 14.4 Å². The Kier molecular flexibility index (Phi) is 3.93. The van der Waals surface area contributed by atoms with E-state index in [1.54, 1.807) is 25.3 Å². The summed E-state index contributed by atoms with van der Waals surface area (Å²) in [7, 11) is 1.58. The van der Waals surface area contributed by atoms with Gasteiger partial charge in [-0.15, -0.1) is 0 Å². The molecule has 2 N–H and O–H groups in total. The molecule has 0 saturated heterocycles. The maximum absolute atomic E-state index is 10.2. The number of aromatic amines is 1. The average molecular weight is 347 g/mol. The van der Waals surface area contributed by atoms with Crippen LogP contribution in [0.1, 0.15) is 5.76 Å². The lowest BCUT2D eigenvalue weighted by molar-refractivity contribution is 0.400. The summed E-state index contributed by atoms with van der Waals surface area (Å²) < 4.78 is 10.6. The van der Waals surface area contributed by atoms with Gasteiger partial charge in [0, 0.05) is 11.1 Å². The lowest BCUT2D eigenvalue weighted by Gasteiger charge is -2.04. The Balaban J connectivity index is 1.80. The second-order valence-corrected chi connectivity index (χ2v) is 5.88. The minimum Gasteiger partial charge on any atom is -0.507 e. The number of H-pyrrole nitrogens is 1. The van der Waals surface area contributed by atoms with E-state index >= 15 is 0 Å². The number of phenolic OH excluding ortho intramolecular Hbond substituents is 1. The Bertz CT molecular complexity index is 1050. The Morgan fingerprint density at radius 3 is 2.65 bits per heavy atom. The van der Waals surface area contributed by atoms with Gasteiger partial charge in [-0.1, -0.05) is 35.5 Å². The first kappa shape index (κ1) is 16.0. The molecule has 26 heavy (non-hydrogen) atoms. The van der Waals surface area contributed by atoms with E-state index < -0.39 is 0 Å². The molecular formula is C20H17N3O3. The normalized spacial score (nSPS) is 10.8. The van der Waals surface area contributed by atoms with E-state index in [-0.39, 0.29) is 5.75 Å². The molecule has 0 bridgehead atoms. The highest BCUT2D eigenvalue weighted by molar-refractivity contribution is 5.82. The molecular weight excluding hydrogens is 330 g/mol. The van der Waals surface area contributed by atoms with Crippen LogP contribution < -0.4 is 4.74 Å². The number of aryl methyl sites for hydroxylation is 1. The van der Waals surface area contributed by atoms with E-state index in [0.29, 0.717) is 22.8 Å². The van der Waals surface area contributed by atoms with Crippen molar-refractivity contribution in [2.45, 2.75) is 6.92 Å². The molecule has 2 aromatic heterocycles. The predicted molar refractivity (Wildman–Crippen MR) is 97.9 cm³/mol. The fourth-order valence-electron chi connectivity index (χ4n) is 2.92. The number of nitrogens with one attached hydrogen (secondary N) is 1. The van der Waals surface area contributed by atoms with Crippen LogP contribution in [-0.4, -0.2) is 27.6 Å². The van der Waals surface area contributed by atoms with Crippen LogP contribution in [0.2, 0.25) is 0 Å². The highest BCUT2D eigenvalue weighted by atomic mass is 16.5. The number of hydrogen-bond acceptors (Lipinski definition) is 5. The van der Waals surface area contributed by atoms with Gasteiger partial charge in [-0.25, -0.2) is 0 Å². The zero-order chi connectivity index (χ0) is 18.1. The molecule has 2 aromatic carbocycles. The molecule has 0 aliphatic carbocycles. The van der Waals surface area contributed by atoms with Crippen molar-refractivity contribution < 1.29 is 14.4 Å². The summed E-state index contributed by atoms with van der Waals surface area (Å²) in [6.45, 7) is 1.86. The van der Waals surface area contributed by atoms with E-state index in [9.17, 15) is 5.11 Å². The molecule has 0 aliphatic heterocycles. The van der Waals surface area contributed by atoms with Crippen LogP contribution in [0.5, 0.6) is 11.5 Å². The Morgan fingerprint density at radius 1 is 1.08 bits per heavy atom. The number of methoxy groups -OCH3 is 1. The van der Waals surface area contributed by atoms with Crippen molar-refractivity contribution in [1.29, 1.82) is 0 Å². The number of aromatic hydroxyl groups is 1. The number of aromatic nitrogens is 3. The number of ether oxygens (including phenoxy) is 1. The SMILES string of the molecule is COc1ccc(O)c(-c2cc(-c3c(-c4ccccc4)noc3C)[nH]n2)c1. The Hall–Kier alpha value is -3.54. The first-order valence-electron chi connectivity index (χ1n) is 8.12. The number of benzene rings is 2. The minimum atomic E-state index is 0.133. The molecule has 6 nitrogen and oxygen atoms in total. The Morgan fingerprint density at radius 2 is 1.88 bits per heavy atom. The molecule has 0 spiro atoms. The van der Waals surface area contributed by atoms with Crippen LogP contribution in [0, 0.1) is 6.92 Å². The van der Waals surface area contributed by atoms with Crippen molar-refractivity contribution in [1.82, 2.24) is 15.4 Å². The van der Waals surface area contributed by atoms with Gasteiger partial charge in [0.05, 0.1) is 24.1 Å². The number of hydrogen-bond donors (Lipinski definition) is 2. The van der Waals surface area contributed by atoms with E-state index in [1.807, 2.05) is 43.3 Å². The van der Waals surface area contributed by atoms with Gasteiger partial charge in [-0.3, -0.25) is 5.10 Å². The number of phenols is 1. The Labute approximate surface area is 150 Å². The molecule has 2 heterocycles. The van der Waals surface area contributed by atoms with Crippen molar-refractivity contribution in [3.63, 3.8) is 0 Å². The van der Waals surface area contributed by atoms with Crippen molar-refractivity contribution in [3.05, 3.63) is 60.4 Å². The van der Waals surface area contributed by atoms with Gasteiger partial charge in [0.2, 0.25) is 0 Å². The minimum absolute atomic E-state index is 0.133. The van der Waals surface area contributed by atoms with E-state index in [1.165, 1.54) is 0 Å². The number of nitrogens with zero attached hydrogens (tertiary/aromatic N) is 2. The topological polar surface area (TPSA) is 84.2 Å². The van der Waals surface area contributed by atoms with Crippen molar-refractivity contribution in [2.75, 3.05) is 7.11 Å². The fourth-order valence-corrected chi connectivity index (χ4v) is 2.92. The summed E-state index contributed by atoms with van der Waals surface area (Å²) in [6.07, 6.45) is 0. The van der Waals surface area contributed by atoms with E-state index in [2.05, 4.69) is 15.4 Å².